The van der Waals surface area contributed by atoms with Crippen LogP contribution in [0.4, 0.5) is 0 Å². The Bertz CT molecular complexity index is 1710. The Hall–Kier alpha value is -2.59. The predicted octanol–water partition coefficient (Wildman–Crippen LogP) is 5.41. The first kappa shape index (κ1) is 41.4. The average Bonchev–Trinajstić information content (AvgIpc) is 3.87. The van der Waals surface area contributed by atoms with Gasteiger partial charge in [0, 0.05) is 0 Å². The van der Waals surface area contributed by atoms with E-state index >= 15 is 0 Å². The van der Waals surface area contributed by atoms with Gasteiger partial charge in [0.15, 0.2) is 0 Å². The summed E-state index contributed by atoms with van der Waals surface area (Å²) >= 11 is 2.60. The molecule has 232 valence electrons. The Labute approximate surface area is 317 Å². The number of halogens is 2. The van der Waals surface area contributed by atoms with E-state index in [-0.39, 0.29) is 24.8 Å². The van der Waals surface area contributed by atoms with Crippen LogP contribution in [0.5, 0.6) is 0 Å². The fourth-order valence-corrected chi connectivity index (χ4v) is 5.22. The number of rotatable bonds is 0. The van der Waals surface area contributed by atoms with E-state index < -0.39 is 0 Å². The second-order valence-electron chi connectivity index (χ2n) is 10.4. The van der Waals surface area contributed by atoms with Crippen molar-refractivity contribution in [3.8, 4) is 0 Å². The molecule has 0 radical (unpaired) electrons. The Morgan fingerprint density at radius 1 is 0.348 bits per heavy atom. The SMILES string of the molecule is Cc1c[cH-]c2ccccc12.Cc1c[cH-]c2ccccc12.Cc1c[cH-]c2ccccc12.Cc1c[cH-]c2ccccc12.[CH2]=[Zr+2].[CH2]=[Zr+2].[Cl-].[Cl-]. The van der Waals surface area contributed by atoms with Crippen LogP contribution < -0.4 is 24.8 Å². The van der Waals surface area contributed by atoms with Gasteiger partial charge >= 0.3 is 56.9 Å². The van der Waals surface area contributed by atoms with E-state index in [0.29, 0.717) is 0 Å². The standard InChI is InChI=1S/4C10H9.2CH2.2ClH.2Zr/c4*1-8-6-7-9-4-2-3-5-10(8)9;;;;;;/h4*2-7H,1H3;2*1H2;2*1H;;/q4*-1;;;;;2*+2/p-2. The predicted molar refractivity (Wildman–Crippen MR) is 191 cm³/mol. The second-order valence-corrected chi connectivity index (χ2v) is 10.4. The van der Waals surface area contributed by atoms with Crippen LogP contribution in [0.1, 0.15) is 22.3 Å². The molecule has 0 spiro atoms. The van der Waals surface area contributed by atoms with E-state index in [1.807, 2.05) is 0 Å². The molecule has 0 nitrogen and oxygen atoms in total. The first-order valence-corrected chi connectivity index (χ1v) is 18.1. The van der Waals surface area contributed by atoms with E-state index in [0.717, 1.165) is 0 Å². The van der Waals surface area contributed by atoms with Gasteiger partial charge in [-0.3, -0.25) is 0 Å². The van der Waals surface area contributed by atoms with E-state index in [9.17, 15) is 0 Å². The van der Waals surface area contributed by atoms with E-state index in [2.05, 4.69) is 182 Å². The van der Waals surface area contributed by atoms with Crippen LogP contribution >= 0.6 is 0 Å². The summed E-state index contributed by atoms with van der Waals surface area (Å²) in [7, 11) is 0. The monoisotopic (exact) mass is 794 g/mol. The minimum atomic E-state index is 0. The third kappa shape index (κ3) is 11.3. The van der Waals surface area contributed by atoms with Gasteiger partial charge in [-0.25, -0.2) is 0 Å². The summed E-state index contributed by atoms with van der Waals surface area (Å²) in [6.45, 7) is 8.56. The summed E-state index contributed by atoms with van der Waals surface area (Å²) in [5.41, 5.74) is 5.48. The number of hydrogen-bond acceptors (Lipinski definition) is 0. The molecule has 0 amide bonds. The molecule has 8 rings (SSSR count). The fraction of sp³-hybridized carbons (Fsp3) is 0.0952. The third-order valence-corrected chi connectivity index (χ3v) is 7.59. The van der Waals surface area contributed by atoms with Crippen LogP contribution in [0.15, 0.2) is 146 Å². The van der Waals surface area contributed by atoms with Crippen LogP contribution in [0, 0.1) is 27.7 Å². The molecule has 46 heavy (non-hydrogen) atoms. The first-order valence-electron chi connectivity index (χ1n) is 14.7. The van der Waals surface area contributed by atoms with Crippen LogP contribution in [0.3, 0.4) is 0 Å². The molecule has 8 aromatic rings. The second kappa shape index (κ2) is 22.1. The summed E-state index contributed by atoms with van der Waals surface area (Å²) < 4.78 is 6.68. The van der Waals surface area contributed by atoms with Crippen molar-refractivity contribution < 1.29 is 73.3 Å². The number of aryl methyl sites for hydroxylation is 4. The summed E-state index contributed by atoms with van der Waals surface area (Å²) in [4.78, 5) is 0. The molecule has 8 aromatic carbocycles. The van der Waals surface area contributed by atoms with Crippen LogP contribution in [-0.4, -0.2) is 8.42 Å². The summed E-state index contributed by atoms with van der Waals surface area (Å²) in [6.07, 6.45) is 0. The maximum absolute atomic E-state index is 3.34. The molecule has 0 saturated carbocycles. The maximum atomic E-state index is 3.34. The maximum Gasteiger partial charge on any atom is -1.00 e. The van der Waals surface area contributed by atoms with Gasteiger partial charge in [0.05, 0.1) is 0 Å². The molecule has 0 aromatic heterocycles. The largest absolute Gasteiger partial charge is 1.00 e. The Kier molecular flexibility index (Phi) is 19.9. The quantitative estimate of drug-likeness (QED) is 0.181. The van der Waals surface area contributed by atoms with Crippen molar-refractivity contribution in [3.63, 3.8) is 0 Å². The van der Waals surface area contributed by atoms with Gasteiger partial charge in [-0.1, -0.05) is 52.0 Å². The van der Waals surface area contributed by atoms with Crippen molar-refractivity contribution in [1.82, 2.24) is 0 Å². The molecular weight excluding hydrogens is 758 g/mol. The zero-order chi connectivity index (χ0) is 31.9. The molecule has 0 heterocycles. The van der Waals surface area contributed by atoms with E-state index in [4.69, 9.17) is 0 Å². The molecule has 0 saturated heterocycles. The molecule has 0 aliphatic carbocycles. The molecule has 0 unspecified atom stereocenters. The van der Waals surface area contributed by atoms with Gasteiger partial charge in [0.25, 0.3) is 0 Å². The zero-order valence-electron chi connectivity index (χ0n) is 27.0. The van der Waals surface area contributed by atoms with Crippen LogP contribution in [-0.2, 0) is 48.5 Å². The van der Waals surface area contributed by atoms with Crippen molar-refractivity contribution in [2.45, 2.75) is 27.7 Å². The van der Waals surface area contributed by atoms with E-state index in [1.54, 1.807) is 0 Å². The van der Waals surface area contributed by atoms with Crippen molar-refractivity contribution in [1.29, 1.82) is 0 Å². The summed E-state index contributed by atoms with van der Waals surface area (Å²) in [6, 6.07) is 51.1. The first-order chi connectivity index (χ1) is 21.5. The minimum absolute atomic E-state index is 0. The minimum Gasteiger partial charge on any atom is -1.00 e. The van der Waals surface area contributed by atoms with Gasteiger partial charge in [-0.05, 0) is 0 Å². The average molecular weight is 798 g/mol. The van der Waals surface area contributed by atoms with Gasteiger partial charge in [-0.2, -0.15) is 46.5 Å². The smallest absolute Gasteiger partial charge is 1.00 e. The molecule has 4 heteroatoms. The van der Waals surface area contributed by atoms with E-state index in [1.165, 1.54) is 114 Å². The van der Waals surface area contributed by atoms with Crippen molar-refractivity contribution >= 4 is 51.5 Å². The molecule has 0 N–H and O–H groups in total. The van der Waals surface area contributed by atoms with Gasteiger partial charge in [0.2, 0.25) is 0 Å². The summed E-state index contributed by atoms with van der Waals surface area (Å²) in [5, 5.41) is 10.9. The third-order valence-electron chi connectivity index (χ3n) is 7.59. The van der Waals surface area contributed by atoms with Gasteiger partial charge < -0.3 is 24.8 Å². The molecule has 0 aliphatic heterocycles. The normalized spacial score (nSPS) is 9.39. The van der Waals surface area contributed by atoms with Crippen LogP contribution in [0.25, 0.3) is 43.1 Å². The van der Waals surface area contributed by atoms with Crippen molar-refractivity contribution in [2.24, 2.45) is 0 Å². The van der Waals surface area contributed by atoms with Crippen molar-refractivity contribution in [3.05, 3.63) is 168 Å². The number of fused-ring (bicyclic) bond motifs is 4. The Morgan fingerprint density at radius 3 is 0.696 bits per heavy atom. The van der Waals surface area contributed by atoms with Crippen LogP contribution in [0.2, 0.25) is 0 Å². The number of benzene rings is 4. The topological polar surface area (TPSA) is 0 Å². The zero-order valence-corrected chi connectivity index (χ0v) is 33.5. The molecule has 0 fully saturated rings. The summed E-state index contributed by atoms with van der Waals surface area (Å²) in [5.74, 6) is 0. The molecule has 0 aliphatic rings. The number of hydrogen-bond donors (Lipinski definition) is 0. The molecule has 0 atom stereocenters. The van der Waals surface area contributed by atoms with Gasteiger partial charge in [0.1, 0.15) is 0 Å². The van der Waals surface area contributed by atoms with Gasteiger partial charge in [-0.15, -0.1) is 140 Å². The molecule has 0 bridgehead atoms. The Balaban J connectivity index is 0.000000292. The molecular formula is C42H40Cl2Zr2-2. The Morgan fingerprint density at radius 2 is 0.522 bits per heavy atom. The van der Waals surface area contributed by atoms with Crippen molar-refractivity contribution in [2.75, 3.05) is 0 Å². The fourth-order valence-electron chi connectivity index (χ4n) is 5.22.